The lowest BCUT2D eigenvalue weighted by molar-refractivity contribution is 0.574. The molecule has 0 aliphatic heterocycles. The molecule has 0 aliphatic carbocycles. The van der Waals surface area contributed by atoms with Gasteiger partial charge in [0.2, 0.25) is 0 Å². The van der Waals surface area contributed by atoms with Gasteiger partial charge in [-0.25, -0.2) is 9.97 Å². The Morgan fingerprint density at radius 1 is 1.44 bits per heavy atom. The molecule has 0 radical (unpaired) electrons. The van der Waals surface area contributed by atoms with E-state index in [-0.39, 0.29) is 6.04 Å². The van der Waals surface area contributed by atoms with Crippen LogP contribution < -0.4 is 5.73 Å². The Balaban J connectivity index is 2.33. The van der Waals surface area contributed by atoms with Crippen molar-refractivity contribution >= 4 is 0 Å². The Labute approximate surface area is 94.5 Å². The predicted octanol–water partition coefficient (Wildman–Crippen LogP) is 1.93. The average molecular weight is 217 g/mol. The van der Waals surface area contributed by atoms with Gasteiger partial charge in [0, 0.05) is 24.4 Å². The number of nitrogens with two attached hydrogens (primary N) is 1. The lowest BCUT2D eigenvalue weighted by atomic mass is 10.2. The quantitative estimate of drug-likeness (QED) is 0.853. The molecule has 16 heavy (non-hydrogen) atoms. The van der Waals surface area contributed by atoms with Crippen LogP contribution in [-0.2, 0) is 6.42 Å². The van der Waals surface area contributed by atoms with Gasteiger partial charge in [-0.05, 0) is 31.5 Å². The molecular formula is C12H15N3O. The minimum Gasteiger partial charge on any atom is -0.461 e. The first kappa shape index (κ1) is 10.8. The van der Waals surface area contributed by atoms with Crippen molar-refractivity contribution in [3.8, 4) is 11.6 Å². The molecule has 0 spiro atoms. The van der Waals surface area contributed by atoms with Crippen LogP contribution in [0.25, 0.3) is 11.6 Å². The molecule has 84 valence electrons. The zero-order valence-electron chi connectivity index (χ0n) is 9.47. The molecule has 2 N–H and O–H groups in total. The molecule has 1 atom stereocenters. The van der Waals surface area contributed by atoms with Crippen molar-refractivity contribution in [2.45, 2.75) is 26.3 Å². The third-order valence-corrected chi connectivity index (χ3v) is 2.31. The topological polar surface area (TPSA) is 64.9 Å². The summed E-state index contributed by atoms with van der Waals surface area (Å²) in [6, 6.07) is 3.88. The molecule has 0 aliphatic rings. The zero-order valence-corrected chi connectivity index (χ0v) is 9.47. The SMILES string of the molecule is Cc1ccoc1-c1nccc(CC(C)N)n1. The van der Waals surface area contributed by atoms with Crippen LogP contribution >= 0.6 is 0 Å². The summed E-state index contributed by atoms with van der Waals surface area (Å²) >= 11 is 0. The van der Waals surface area contributed by atoms with Crippen molar-refractivity contribution in [2.75, 3.05) is 0 Å². The molecule has 0 bridgehead atoms. The summed E-state index contributed by atoms with van der Waals surface area (Å²) in [5.74, 6) is 1.35. The molecule has 0 amide bonds. The van der Waals surface area contributed by atoms with E-state index >= 15 is 0 Å². The van der Waals surface area contributed by atoms with Crippen LogP contribution in [-0.4, -0.2) is 16.0 Å². The monoisotopic (exact) mass is 217 g/mol. The van der Waals surface area contributed by atoms with Crippen molar-refractivity contribution < 1.29 is 4.42 Å². The second-order valence-corrected chi connectivity index (χ2v) is 3.99. The van der Waals surface area contributed by atoms with E-state index in [2.05, 4.69) is 9.97 Å². The van der Waals surface area contributed by atoms with Gasteiger partial charge in [-0.3, -0.25) is 0 Å². The fourth-order valence-corrected chi connectivity index (χ4v) is 1.55. The molecule has 0 aromatic carbocycles. The summed E-state index contributed by atoms with van der Waals surface area (Å²) in [6.07, 6.45) is 4.13. The summed E-state index contributed by atoms with van der Waals surface area (Å²) in [6.45, 7) is 3.93. The molecule has 1 unspecified atom stereocenters. The lowest BCUT2D eigenvalue weighted by Gasteiger charge is -2.05. The number of aryl methyl sites for hydroxylation is 1. The van der Waals surface area contributed by atoms with Gasteiger partial charge in [0.15, 0.2) is 11.6 Å². The van der Waals surface area contributed by atoms with E-state index in [0.717, 1.165) is 23.4 Å². The molecule has 0 saturated carbocycles. The molecule has 0 fully saturated rings. The van der Waals surface area contributed by atoms with Crippen LogP contribution in [0.1, 0.15) is 18.2 Å². The maximum absolute atomic E-state index is 5.74. The first-order valence-corrected chi connectivity index (χ1v) is 5.29. The Kier molecular flexibility index (Phi) is 3.01. The number of rotatable bonds is 3. The Bertz CT molecular complexity index is 477. The largest absolute Gasteiger partial charge is 0.461 e. The van der Waals surface area contributed by atoms with Gasteiger partial charge in [0.1, 0.15) is 0 Å². The first-order valence-electron chi connectivity index (χ1n) is 5.29. The van der Waals surface area contributed by atoms with Gasteiger partial charge in [-0.2, -0.15) is 0 Å². The Morgan fingerprint density at radius 3 is 2.88 bits per heavy atom. The van der Waals surface area contributed by atoms with Crippen molar-refractivity contribution in [2.24, 2.45) is 5.73 Å². The lowest BCUT2D eigenvalue weighted by Crippen LogP contribution is -2.18. The fourth-order valence-electron chi connectivity index (χ4n) is 1.55. The van der Waals surface area contributed by atoms with Gasteiger partial charge in [-0.1, -0.05) is 0 Å². The second kappa shape index (κ2) is 4.45. The number of nitrogens with zero attached hydrogens (tertiary/aromatic N) is 2. The molecular weight excluding hydrogens is 202 g/mol. The van der Waals surface area contributed by atoms with Crippen LogP contribution in [0.5, 0.6) is 0 Å². The van der Waals surface area contributed by atoms with E-state index < -0.39 is 0 Å². The van der Waals surface area contributed by atoms with Crippen LogP contribution in [0.4, 0.5) is 0 Å². The smallest absolute Gasteiger partial charge is 0.196 e. The molecule has 4 nitrogen and oxygen atoms in total. The number of aromatic nitrogens is 2. The highest BCUT2D eigenvalue weighted by atomic mass is 16.3. The van der Waals surface area contributed by atoms with Crippen LogP contribution in [0.15, 0.2) is 29.0 Å². The van der Waals surface area contributed by atoms with E-state index in [4.69, 9.17) is 10.2 Å². The first-order chi connectivity index (χ1) is 7.66. The maximum atomic E-state index is 5.74. The average Bonchev–Trinajstić information content (AvgIpc) is 2.64. The zero-order chi connectivity index (χ0) is 11.5. The minimum absolute atomic E-state index is 0.0976. The maximum Gasteiger partial charge on any atom is 0.196 e. The van der Waals surface area contributed by atoms with E-state index in [1.54, 1.807) is 12.5 Å². The fraction of sp³-hybridized carbons (Fsp3) is 0.333. The summed E-state index contributed by atoms with van der Waals surface area (Å²) in [7, 11) is 0. The highest BCUT2D eigenvalue weighted by molar-refractivity contribution is 5.51. The van der Waals surface area contributed by atoms with Gasteiger partial charge in [-0.15, -0.1) is 0 Å². The summed E-state index contributed by atoms with van der Waals surface area (Å²) in [4.78, 5) is 8.64. The highest BCUT2D eigenvalue weighted by Crippen LogP contribution is 2.20. The van der Waals surface area contributed by atoms with Crippen LogP contribution in [0, 0.1) is 6.92 Å². The Hall–Kier alpha value is -1.68. The molecule has 4 heteroatoms. The highest BCUT2D eigenvalue weighted by Gasteiger charge is 2.09. The molecule has 2 rings (SSSR count). The molecule has 2 heterocycles. The van der Waals surface area contributed by atoms with Gasteiger partial charge >= 0.3 is 0 Å². The van der Waals surface area contributed by atoms with E-state index in [1.807, 2.05) is 26.0 Å². The van der Waals surface area contributed by atoms with E-state index in [9.17, 15) is 0 Å². The predicted molar refractivity (Wildman–Crippen MR) is 61.8 cm³/mol. The third-order valence-electron chi connectivity index (χ3n) is 2.31. The standard InChI is InChI=1S/C12H15N3O/c1-8-4-6-16-11(8)12-14-5-3-10(15-12)7-9(2)13/h3-6,9H,7,13H2,1-2H3. The molecule has 2 aromatic heterocycles. The van der Waals surface area contributed by atoms with E-state index in [0.29, 0.717) is 5.82 Å². The van der Waals surface area contributed by atoms with E-state index in [1.165, 1.54) is 0 Å². The van der Waals surface area contributed by atoms with Crippen molar-refractivity contribution in [1.29, 1.82) is 0 Å². The van der Waals surface area contributed by atoms with Gasteiger partial charge in [0.25, 0.3) is 0 Å². The van der Waals surface area contributed by atoms with Gasteiger partial charge in [0.05, 0.1) is 6.26 Å². The minimum atomic E-state index is 0.0976. The van der Waals surface area contributed by atoms with Crippen LogP contribution in [0.2, 0.25) is 0 Å². The Morgan fingerprint density at radius 2 is 2.25 bits per heavy atom. The summed E-state index contributed by atoms with van der Waals surface area (Å²) < 4.78 is 5.35. The van der Waals surface area contributed by atoms with Crippen LogP contribution in [0.3, 0.4) is 0 Å². The third kappa shape index (κ3) is 2.28. The van der Waals surface area contributed by atoms with Crippen molar-refractivity contribution in [3.05, 3.63) is 35.9 Å². The van der Waals surface area contributed by atoms with Gasteiger partial charge < -0.3 is 10.2 Å². The molecule has 2 aromatic rings. The summed E-state index contributed by atoms with van der Waals surface area (Å²) in [5, 5.41) is 0. The normalized spacial score (nSPS) is 12.7. The number of hydrogen-bond acceptors (Lipinski definition) is 4. The molecule has 0 saturated heterocycles. The number of hydrogen-bond donors (Lipinski definition) is 1. The van der Waals surface area contributed by atoms with Crippen molar-refractivity contribution in [3.63, 3.8) is 0 Å². The summed E-state index contributed by atoms with van der Waals surface area (Å²) in [5.41, 5.74) is 7.72. The van der Waals surface area contributed by atoms with Crippen molar-refractivity contribution in [1.82, 2.24) is 9.97 Å². The second-order valence-electron chi connectivity index (χ2n) is 3.99. The number of furan rings is 1.